The molecular weight excluding hydrogens is 361 g/mol. The third kappa shape index (κ3) is 3.75. The highest BCUT2D eigenvalue weighted by Gasteiger charge is 2.49. The summed E-state index contributed by atoms with van der Waals surface area (Å²) in [5.41, 5.74) is -0.673. The maximum atomic E-state index is 14.0. The number of piperazine rings is 1. The summed E-state index contributed by atoms with van der Waals surface area (Å²) >= 11 is 0. The molecule has 1 unspecified atom stereocenters. The standard InChI is InChI=1S/C19H23F3N2O3/c1-12(17(21)22)9-16(26)24-8-7-23(11-19(24)5-2-6-19)18(27)14-4-3-13(25)10-15(14)20/h3-4,10,12,17,25H,2,5-9,11H2,1H3. The number of alkyl halides is 2. The average molecular weight is 384 g/mol. The van der Waals surface area contributed by atoms with E-state index in [4.69, 9.17) is 0 Å². The van der Waals surface area contributed by atoms with E-state index in [0.29, 0.717) is 12.8 Å². The number of carbonyl (C=O) groups is 2. The average Bonchev–Trinajstić information content (AvgIpc) is 2.59. The van der Waals surface area contributed by atoms with Crippen molar-refractivity contribution < 1.29 is 27.9 Å². The highest BCUT2D eigenvalue weighted by molar-refractivity contribution is 5.95. The second-order valence-corrected chi connectivity index (χ2v) is 7.53. The topological polar surface area (TPSA) is 60.9 Å². The summed E-state index contributed by atoms with van der Waals surface area (Å²) in [7, 11) is 0. The van der Waals surface area contributed by atoms with Crippen LogP contribution < -0.4 is 0 Å². The Morgan fingerprint density at radius 3 is 2.52 bits per heavy atom. The summed E-state index contributed by atoms with van der Waals surface area (Å²) in [6.07, 6.45) is -0.483. The van der Waals surface area contributed by atoms with Gasteiger partial charge in [0.15, 0.2) is 0 Å². The molecule has 1 aromatic carbocycles. The Morgan fingerprint density at radius 2 is 1.96 bits per heavy atom. The zero-order chi connectivity index (χ0) is 19.8. The molecule has 3 rings (SSSR count). The molecule has 2 aliphatic rings. The summed E-state index contributed by atoms with van der Waals surface area (Å²) in [5, 5.41) is 9.30. The quantitative estimate of drug-likeness (QED) is 0.868. The maximum Gasteiger partial charge on any atom is 0.256 e. The number of amides is 2. The Morgan fingerprint density at radius 1 is 1.26 bits per heavy atom. The minimum atomic E-state index is -2.55. The fourth-order valence-electron chi connectivity index (χ4n) is 3.88. The van der Waals surface area contributed by atoms with E-state index in [-0.39, 0.29) is 43.3 Å². The molecule has 1 aliphatic heterocycles. The van der Waals surface area contributed by atoms with E-state index in [1.165, 1.54) is 24.0 Å². The van der Waals surface area contributed by atoms with E-state index in [9.17, 15) is 27.9 Å². The zero-order valence-electron chi connectivity index (χ0n) is 15.1. The van der Waals surface area contributed by atoms with Crippen LogP contribution in [0, 0.1) is 11.7 Å². The van der Waals surface area contributed by atoms with Crippen molar-refractivity contribution in [3.8, 4) is 5.75 Å². The lowest BCUT2D eigenvalue weighted by atomic mass is 9.73. The summed E-state index contributed by atoms with van der Waals surface area (Å²) in [6, 6.07) is 3.38. The molecule has 1 aliphatic carbocycles. The van der Waals surface area contributed by atoms with Gasteiger partial charge in [0.05, 0.1) is 11.1 Å². The van der Waals surface area contributed by atoms with Gasteiger partial charge in [-0.15, -0.1) is 0 Å². The summed E-state index contributed by atoms with van der Waals surface area (Å²) in [4.78, 5) is 28.4. The highest BCUT2D eigenvalue weighted by atomic mass is 19.3. The van der Waals surface area contributed by atoms with E-state index in [2.05, 4.69) is 0 Å². The number of nitrogens with zero attached hydrogens (tertiary/aromatic N) is 2. The third-order valence-electron chi connectivity index (χ3n) is 5.63. The molecule has 2 amide bonds. The SMILES string of the molecule is CC(CC(=O)N1CCN(C(=O)c2ccc(O)cc2F)CC12CCC2)C(F)F. The Labute approximate surface area is 155 Å². The first-order valence-corrected chi connectivity index (χ1v) is 9.10. The zero-order valence-corrected chi connectivity index (χ0v) is 15.1. The molecule has 1 spiro atoms. The number of halogens is 3. The summed E-state index contributed by atoms with van der Waals surface area (Å²) in [6.45, 7) is 2.08. The Bertz CT molecular complexity index is 737. The van der Waals surface area contributed by atoms with Crippen molar-refractivity contribution in [2.75, 3.05) is 19.6 Å². The van der Waals surface area contributed by atoms with Gasteiger partial charge < -0.3 is 14.9 Å². The second-order valence-electron chi connectivity index (χ2n) is 7.53. The molecule has 0 radical (unpaired) electrons. The smallest absolute Gasteiger partial charge is 0.256 e. The number of phenolic OH excluding ortho intramolecular Hbond substituents is 1. The van der Waals surface area contributed by atoms with Crippen molar-refractivity contribution in [2.45, 2.75) is 44.6 Å². The van der Waals surface area contributed by atoms with Crippen molar-refractivity contribution >= 4 is 11.8 Å². The van der Waals surface area contributed by atoms with Crippen LogP contribution in [0.25, 0.3) is 0 Å². The number of hydrogen-bond donors (Lipinski definition) is 1. The van der Waals surface area contributed by atoms with E-state index in [1.807, 2.05) is 0 Å². The van der Waals surface area contributed by atoms with Crippen LogP contribution in [0.5, 0.6) is 5.75 Å². The number of aromatic hydroxyl groups is 1. The van der Waals surface area contributed by atoms with Crippen LogP contribution in [0.3, 0.4) is 0 Å². The monoisotopic (exact) mass is 384 g/mol. The second kappa shape index (κ2) is 7.40. The molecule has 1 aromatic rings. The van der Waals surface area contributed by atoms with Crippen molar-refractivity contribution in [2.24, 2.45) is 5.92 Å². The normalized spacial score (nSPS) is 19.9. The first-order chi connectivity index (χ1) is 12.7. The van der Waals surface area contributed by atoms with Crippen LogP contribution >= 0.6 is 0 Å². The number of rotatable bonds is 4. The largest absolute Gasteiger partial charge is 0.508 e. The van der Waals surface area contributed by atoms with Crippen LogP contribution in [0.1, 0.15) is 43.0 Å². The number of benzene rings is 1. The molecule has 1 saturated carbocycles. The van der Waals surface area contributed by atoms with Crippen LogP contribution in [0.4, 0.5) is 13.2 Å². The van der Waals surface area contributed by atoms with Crippen LogP contribution in [-0.4, -0.2) is 58.3 Å². The molecule has 1 N–H and O–H groups in total. The minimum Gasteiger partial charge on any atom is -0.508 e. The summed E-state index contributed by atoms with van der Waals surface area (Å²) in [5.74, 6) is -2.88. The van der Waals surface area contributed by atoms with Crippen molar-refractivity contribution in [3.63, 3.8) is 0 Å². The van der Waals surface area contributed by atoms with Gasteiger partial charge in [0.2, 0.25) is 12.3 Å². The molecular formula is C19H23F3N2O3. The highest BCUT2D eigenvalue weighted by Crippen LogP contribution is 2.41. The van der Waals surface area contributed by atoms with Crippen LogP contribution in [0.15, 0.2) is 18.2 Å². The molecule has 8 heteroatoms. The van der Waals surface area contributed by atoms with Crippen LogP contribution in [-0.2, 0) is 4.79 Å². The van der Waals surface area contributed by atoms with E-state index >= 15 is 0 Å². The maximum absolute atomic E-state index is 14.0. The lowest BCUT2D eigenvalue weighted by Crippen LogP contribution is -2.67. The Balaban J connectivity index is 1.73. The first-order valence-electron chi connectivity index (χ1n) is 9.10. The lowest BCUT2D eigenvalue weighted by molar-refractivity contribution is -0.149. The number of carbonyl (C=O) groups excluding carboxylic acids is 2. The van der Waals surface area contributed by atoms with Crippen molar-refractivity contribution in [1.29, 1.82) is 0 Å². The van der Waals surface area contributed by atoms with Gasteiger partial charge in [0.25, 0.3) is 5.91 Å². The number of hydrogen-bond acceptors (Lipinski definition) is 3. The summed E-state index contributed by atoms with van der Waals surface area (Å²) < 4.78 is 39.6. The van der Waals surface area contributed by atoms with Crippen molar-refractivity contribution in [1.82, 2.24) is 9.80 Å². The molecule has 1 saturated heterocycles. The number of phenols is 1. The Hall–Kier alpha value is -2.25. The van der Waals surface area contributed by atoms with E-state index in [1.54, 1.807) is 4.90 Å². The fourth-order valence-corrected chi connectivity index (χ4v) is 3.88. The molecule has 1 atom stereocenters. The molecule has 27 heavy (non-hydrogen) atoms. The van der Waals surface area contributed by atoms with E-state index in [0.717, 1.165) is 12.5 Å². The van der Waals surface area contributed by atoms with E-state index < -0.39 is 29.6 Å². The molecule has 0 aromatic heterocycles. The fraction of sp³-hybridized carbons (Fsp3) is 0.579. The van der Waals surface area contributed by atoms with Gasteiger partial charge in [-0.05, 0) is 31.4 Å². The third-order valence-corrected chi connectivity index (χ3v) is 5.63. The minimum absolute atomic E-state index is 0.131. The van der Waals surface area contributed by atoms with Gasteiger partial charge >= 0.3 is 0 Å². The molecule has 0 bridgehead atoms. The Kier molecular flexibility index (Phi) is 5.35. The van der Waals surface area contributed by atoms with Gasteiger partial charge in [-0.2, -0.15) is 0 Å². The molecule has 148 valence electrons. The lowest BCUT2D eigenvalue weighted by Gasteiger charge is -2.56. The van der Waals surface area contributed by atoms with Gasteiger partial charge in [0, 0.05) is 38.0 Å². The van der Waals surface area contributed by atoms with Crippen LogP contribution in [0.2, 0.25) is 0 Å². The van der Waals surface area contributed by atoms with Gasteiger partial charge in [-0.25, -0.2) is 13.2 Å². The predicted molar refractivity (Wildman–Crippen MR) is 92.0 cm³/mol. The predicted octanol–water partition coefficient (Wildman–Crippen LogP) is 3.03. The first kappa shape index (κ1) is 19.5. The van der Waals surface area contributed by atoms with Gasteiger partial charge in [0.1, 0.15) is 11.6 Å². The van der Waals surface area contributed by atoms with Gasteiger partial charge in [-0.3, -0.25) is 9.59 Å². The van der Waals surface area contributed by atoms with Crippen molar-refractivity contribution in [3.05, 3.63) is 29.6 Å². The molecule has 1 heterocycles. The molecule has 2 fully saturated rings. The van der Waals surface area contributed by atoms with Gasteiger partial charge in [-0.1, -0.05) is 6.92 Å². The molecule has 5 nitrogen and oxygen atoms in total.